The van der Waals surface area contributed by atoms with Crippen LogP contribution in [0.3, 0.4) is 0 Å². The highest BCUT2D eigenvalue weighted by Gasteiger charge is 2.56. The van der Waals surface area contributed by atoms with Gasteiger partial charge in [-0.1, -0.05) is 37.9 Å². The molecule has 0 aromatic heterocycles. The fraction of sp³-hybridized carbons (Fsp3) is 0.436. The Kier molecular flexibility index (Phi) is 8.34. The van der Waals surface area contributed by atoms with Crippen molar-refractivity contribution < 1.29 is 9.84 Å². The van der Waals surface area contributed by atoms with E-state index >= 15 is 0 Å². The van der Waals surface area contributed by atoms with Crippen molar-refractivity contribution >= 4 is 5.57 Å². The first-order chi connectivity index (χ1) is 21.8. The zero-order valence-corrected chi connectivity index (χ0v) is 28.5. The van der Waals surface area contributed by atoms with Crippen molar-refractivity contribution in [3.63, 3.8) is 0 Å². The van der Waals surface area contributed by atoms with Gasteiger partial charge in [0.05, 0.1) is 18.7 Å². The molecule has 0 radical (unpaired) electrons. The molecule has 0 unspecified atom stereocenters. The van der Waals surface area contributed by atoms with Gasteiger partial charge in [-0.15, -0.1) is 0 Å². The minimum Gasteiger partial charge on any atom is -0.510 e. The van der Waals surface area contributed by atoms with Crippen LogP contribution in [-0.2, 0) is 13.0 Å². The molecule has 0 amide bonds. The first kappa shape index (κ1) is 32.3. The molecule has 6 rings (SSSR count). The Hall–Kier alpha value is -3.62. The molecular weight excluding hydrogens is 570 g/mol. The smallest absolute Gasteiger partial charge is 0.123 e. The monoisotopic (exact) mass is 621 g/mol. The van der Waals surface area contributed by atoms with Crippen molar-refractivity contribution in [2.45, 2.75) is 44.8 Å². The maximum Gasteiger partial charge on any atom is 0.123 e. The SMILES string of the molecule is C=C(N)C1=C(O)[C@@H](N(C)C)[C@@H]2C[C@@H]3Cc4c(-c5ccc(OC)c(CN6CCN(C)CC6)c5)ccc(C)c4C(=C)C3=C(C)[C@]2(N)C1=C. The van der Waals surface area contributed by atoms with E-state index < -0.39 is 5.54 Å². The second-order valence-electron chi connectivity index (χ2n) is 14.2. The van der Waals surface area contributed by atoms with Crippen molar-refractivity contribution in [1.82, 2.24) is 14.7 Å². The van der Waals surface area contributed by atoms with Gasteiger partial charge in [0.25, 0.3) is 0 Å². The topological polar surface area (TPSA) is 91.2 Å². The Balaban J connectivity index is 1.45. The summed E-state index contributed by atoms with van der Waals surface area (Å²) >= 11 is 0. The summed E-state index contributed by atoms with van der Waals surface area (Å²) in [5, 5.41) is 11.5. The Labute approximate surface area is 275 Å². The van der Waals surface area contributed by atoms with Crippen LogP contribution in [0.15, 0.2) is 83.8 Å². The number of fused-ring (bicyclic) bond motifs is 3. The molecule has 7 heteroatoms. The van der Waals surface area contributed by atoms with E-state index in [4.69, 9.17) is 22.8 Å². The van der Waals surface area contributed by atoms with E-state index in [9.17, 15) is 5.11 Å². The molecule has 7 nitrogen and oxygen atoms in total. The van der Waals surface area contributed by atoms with Crippen LogP contribution < -0.4 is 16.2 Å². The summed E-state index contributed by atoms with van der Waals surface area (Å²) in [7, 11) is 7.92. The van der Waals surface area contributed by atoms with E-state index in [1.165, 1.54) is 39.0 Å². The summed E-state index contributed by atoms with van der Waals surface area (Å²) in [6.07, 6.45) is 1.67. The van der Waals surface area contributed by atoms with Crippen LogP contribution in [0.4, 0.5) is 0 Å². The summed E-state index contributed by atoms with van der Waals surface area (Å²) in [4.78, 5) is 6.95. The molecule has 2 aromatic carbocycles. The van der Waals surface area contributed by atoms with Crippen LogP contribution in [0.2, 0.25) is 0 Å². The predicted octanol–water partition coefficient (Wildman–Crippen LogP) is 5.42. The van der Waals surface area contributed by atoms with Gasteiger partial charge in [-0.2, -0.15) is 0 Å². The Morgan fingerprint density at radius 1 is 1.11 bits per heavy atom. The number of hydrogen-bond donors (Lipinski definition) is 3. The van der Waals surface area contributed by atoms with Gasteiger partial charge in [0.15, 0.2) is 0 Å². The van der Waals surface area contributed by atoms with E-state index in [1.807, 2.05) is 14.1 Å². The van der Waals surface area contributed by atoms with Crippen molar-refractivity contribution in [2.75, 3.05) is 54.4 Å². The van der Waals surface area contributed by atoms with Crippen LogP contribution in [0.25, 0.3) is 16.7 Å². The Bertz CT molecular complexity index is 1690. The second kappa shape index (κ2) is 11.9. The maximum absolute atomic E-state index is 11.5. The second-order valence-corrected chi connectivity index (χ2v) is 14.2. The van der Waals surface area contributed by atoms with Gasteiger partial charge in [0, 0.05) is 55.5 Å². The highest BCUT2D eigenvalue weighted by Crippen LogP contribution is 2.57. The van der Waals surface area contributed by atoms with Crippen LogP contribution >= 0.6 is 0 Å². The lowest BCUT2D eigenvalue weighted by molar-refractivity contribution is 0.109. The third-order valence-electron chi connectivity index (χ3n) is 11.3. The molecule has 3 aliphatic carbocycles. The molecule has 4 atom stereocenters. The van der Waals surface area contributed by atoms with Crippen LogP contribution in [0, 0.1) is 18.8 Å². The zero-order chi connectivity index (χ0) is 33.2. The van der Waals surface area contributed by atoms with Gasteiger partial charge in [-0.25, -0.2) is 0 Å². The third kappa shape index (κ3) is 4.96. The number of aliphatic hydroxyl groups excluding tert-OH is 1. The quantitative estimate of drug-likeness (QED) is 0.397. The predicted molar refractivity (Wildman–Crippen MR) is 189 cm³/mol. The molecule has 5 N–H and O–H groups in total. The number of nitrogens with two attached hydrogens (primary N) is 2. The maximum atomic E-state index is 11.5. The molecule has 1 aliphatic heterocycles. The first-order valence-corrected chi connectivity index (χ1v) is 16.4. The largest absolute Gasteiger partial charge is 0.510 e. The van der Waals surface area contributed by atoms with Crippen LogP contribution in [-0.4, -0.2) is 85.8 Å². The van der Waals surface area contributed by atoms with E-state index in [2.05, 4.69) is 79.1 Å². The molecule has 46 heavy (non-hydrogen) atoms. The number of aliphatic hydroxyl groups is 1. The Morgan fingerprint density at radius 2 is 1.80 bits per heavy atom. The van der Waals surface area contributed by atoms with E-state index in [0.717, 1.165) is 62.5 Å². The molecule has 1 fully saturated rings. The van der Waals surface area contributed by atoms with E-state index in [1.54, 1.807) is 7.11 Å². The van der Waals surface area contributed by atoms with E-state index in [0.29, 0.717) is 11.1 Å². The fourth-order valence-electron chi connectivity index (χ4n) is 8.93. The highest BCUT2D eigenvalue weighted by atomic mass is 16.5. The number of benzene rings is 2. The van der Waals surface area contributed by atoms with Gasteiger partial charge in [0.1, 0.15) is 11.5 Å². The third-order valence-corrected chi connectivity index (χ3v) is 11.3. The van der Waals surface area contributed by atoms with Crippen molar-refractivity contribution in [3.05, 3.63) is 106 Å². The van der Waals surface area contributed by atoms with Gasteiger partial charge in [-0.3, -0.25) is 9.80 Å². The number of allylic oxidation sites excluding steroid dienone is 3. The molecule has 1 saturated heterocycles. The van der Waals surface area contributed by atoms with Gasteiger partial charge in [-0.05, 0) is 116 Å². The molecule has 2 aromatic rings. The normalized spacial score (nSPS) is 27.1. The Morgan fingerprint density at radius 3 is 2.43 bits per heavy atom. The lowest BCUT2D eigenvalue weighted by atomic mass is 9.54. The van der Waals surface area contributed by atoms with Crippen LogP contribution in [0.1, 0.15) is 35.6 Å². The average Bonchev–Trinajstić information content (AvgIpc) is 3.00. The zero-order valence-electron chi connectivity index (χ0n) is 28.5. The van der Waals surface area contributed by atoms with Gasteiger partial charge >= 0.3 is 0 Å². The number of hydrogen-bond acceptors (Lipinski definition) is 7. The van der Waals surface area contributed by atoms with Gasteiger partial charge in [0.2, 0.25) is 0 Å². The fourth-order valence-corrected chi connectivity index (χ4v) is 8.93. The number of nitrogens with zero attached hydrogens (tertiary/aromatic N) is 3. The lowest BCUT2D eigenvalue weighted by Gasteiger charge is -2.55. The minimum absolute atomic E-state index is 0.0920. The lowest BCUT2D eigenvalue weighted by Crippen LogP contribution is -2.63. The number of methoxy groups -OCH3 is 1. The summed E-state index contributed by atoms with van der Waals surface area (Å²) in [6.45, 7) is 22.6. The summed E-state index contributed by atoms with van der Waals surface area (Å²) in [6, 6.07) is 10.8. The number of rotatable bonds is 6. The van der Waals surface area contributed by atoms with Crippen LogP contribution in [0.5, 0.6) is 5.75 Å². The molecule has 1 heterocycles. The minimum atomic E-state index is -0.884. The number of aryl methyl sites for hydroxylation is 1. The van der Waals surface area contributed by atoms with E-state index in [-0.39, 0.29) is 29.3 Å². The molecular formula is C39H51N5O2. The molecule has 0 saturated carbocycles. The summed E-state index contributed by atoms with van der Waals surface area (Å²) < 4.78 is 5.84. The number of likely N-dealkylation sites (N-methyl/N-ethyl adjacent to an activating group) is 2. The standard InChI is InChI=1S/C39H51N5O2/c1-22-10-12-30(27-11-13-33(46-9)29(18-27)21-44-16-14-43(8)15-17-44)31-19-28-20-32-37(42(6)7)38(45)36(26(5)40)25(4)39(32,41)24(3)35(28)23(2)34(22)31/h10-13,18,28,32,37,45H,2,4-5,14-17,19-21,40-41H2,1,3,6-9H3/t28-,32-,37-,39-/m0/s1. The summed E-state index contributed by atoms with van der Waals surface area (Å²) in [5.74, 6) is 1.25. The average molecular weight is 622 g/mol. The molecule has 0 bridgehead atoms. The molecule has 244 valence electrons. The van der Waals surface area contributed by atoms with Crippen molar-refractivity contribution in [1.29, 1.82) is 0 Å². The summed E-state index contributed by atoms with van der Waals surface area (Å²) in [5.41, 5.74) is 25.0. The number of piperazine rings is 1. The highest BCUT2D eigenvalue weighted by molar-refractivity contribution is 5.89. The first-order valence-electron chi connectivity index (χ1n) is 16.4. The van der Waals surface area contributed by atoms with Crippen molar-refractivity contribution in [2.24, 2.45) is 23.3 Å². The number of ether oxygens (including phenoxy) is 1. The molecule has 0 spiro atoms. The molecule has 4 aliphatic rings. The van der Waals surface area contributed by atoms with Gasteiger partial charge < -0.3 is 26.2 Å². The van der Waals surface area contributed by atoms with Crippen molar-refractivity contribution in [3.8, 4) is 16.9 Å².